The molecule has 0 radical (unpaired) electrons. The zero-order valence-corrected chi connectivity index (χ0v) is 9.77. The molecule has 0 unspecified atom stereocenters. The molecule has 1 N–H and O–H groups in total. The van der Waals surface area contributed by atoms with Crippen LogP contribution in [0.5, 0.6) is 0 Å². The third kappa shape index (κ3) is 1.94. The van der Waals surface area contributed by atoms with Crippen molar-refractivity contribution in [1.82, 2.24) is 0 Å². The molecule has 0 amide bonds. The van der Waals surface area contributed by atoms with Crippen LogP contribution in [0, 0.1) is 6.92 Å². The first-order chi connectivity index (χ1) is 8.33. The van der Waals surface area contributed by atoms with Crippen molar-refractivity contribution in [2.24, 2.45) is 4.99 Å². The molecule has 0 spiro atoms. The fourth-order valence-electron chi connectivity index (χ4n) is 2.04. The van der Waals surface area contributed by atoms with Gasteiger partial charge in [0.1, 0.15) is 0 Å². The summed E-state index contributed by atoms with van der Waals surface area (Å²) in [7, 11) is 0. The number of hydrogen-bond donors (Lipinski definition) is 1. The molecule has 2 aromatic rings. The van der Waals surface area contributed by atoms with Gasteiger partial charge >= 0.3 is 0 Å². The van der Waals surface area contributed by atoms with Crippen LogP contribution >= 0.6 is 0 Å². The Hall–Kier alpha value is -2.09. The minimum Gasteiger partial charge on any atom is -0.378 e. The highest BCUT2D eigenvalue weighted by atomic mass is 15.0. The average Bonchev–Trinajstić information content (AvgIpc) is 2.39. The number of benzene rings is 2. The van der Waals surface area contributed by atoms with Gasteiger partial charge in [-0.15, -0.1) is 0 Å². The van der Waals surface area contributed by atoms with Gasteiger partial charge in [-0.05, 0) is 30.2 Å². The van der Waals surface area contributed by atoms with Gasteiger partial charge in [0, 0.05) is 0 Å². The monoisotopic (exact) mass is 222 g/mol. The molecule has 1 aliphatic heterocycles. The first kappa shape index (κ1) is 10.1. The summed E-state index contributed by atoms with van der Waals surface area (Å²) in [5.74, 6) is 0. The maximum absolute atomic E-state index is 4.73. The standard InChI is InChI=1S/C15H14N2/c1-11-7-8-13-14(9-11)17-15(10-16-13)12-5-3-2-4-6-12/h2-9,16H,10H2,1H3. The van der Waals surface area contributed by atoms with Gasteiger partial charge in [0.25, 0.3) is 0 Å². The normalized spacial score (nSPS) is 13.6. The molecule has 1 aliphatic rings. The summed E-state index contributed by atoms with van der Waals surface area (Å²) in [6.07, 6.45) is 0. The molecule has 0 saturated carbocycles. The molecular weight excluding hydrogens is 208 g/mol. The van der Waals surface area contributed by atoms with E-state index in [4.69, 9.17) is 4.99 Å². The average molecular weight is 222 g/mol. The number of nitrogens with one attached hydrogen (secondary N) is 1. The van der Waals surface area contributed by atoms with Crippen LogP contribution in [-0.4, -0.2) is 12.3 Å². The second kappa shape index (κ2) is 4.06. The van der Waals surface area contributed by atoms with Crippen LogP contribution < -0.4 is 5.32 Å². The molecule has 0 saturated heterocycles. The number of rotatable bonds is 1. The summed E-state index contributed by atoms with van der Waals surface area (Å²) >= 11 is 0. The van der Waals surface area contributed by atoms with Crippen LogP contribution in [0.25, 0.3) is 0 Å². The Morgan fingerprint density at radius 3 is 2.71 bits per heavy atom. The number of aryl methyl sites for hydroxylation is 1. The van der Waals surface area contributed by atoms with Crippen LogP contribution in [0.15, 0.2) is 53.5 Å². The molecule has 0 bridgehead atoms. The van der Waals surface area contributed by atoms with E-state index in [2.05, 4.69) is 42.6 Å². The topological polar surface area (TPSA) is 24.4 Å². The highest BCUT2D eigenvalue weighted by molar-refractivity contribution is 6.07. The Morgan fingerprint density at radius 2 is 1.88 bits per heavy atom. The summed E-state index contributed by atoms with van der Waals surface area (Å²) in [4.78, 5) is 4.73. The molecule has 84 valence electrons. The van der Waals surface area contributed by atoms with Crippen molar-refractivity contribution in [1.29, 1.82) is 0 Å². The Bertz CT molecular complexity index is 571. The van der Waals surface area contributed by atoms with Crippen LogP contribution in [0.2, 0.25) is 0 Å². The van der Waals surface area contributed by atoms with Gasteiger partial charge < -0.3 is 5.32 Å². The van der Waals surface area contributed by atoms with E-state index in [0.717, 1.165) is 23.6 Å². The van der Waals surface area contributed by atoms with E-state index in [0.29, 0.717) is 0 Å². The van der Waals surface area contributed by atoms with E-state index in [-0.39, 0.29) is 0 Å². The highest BCUT2D eigenvalue weighted by Gasteiger charge is 2.12. The number of anilines is 1. The maximum atomic E-state index is 4.73. The smallest absolute Gasteiger partial charge is 0.0868 e. The Labute approximate surface area is 101 Å². The van der Waals surface area contributed by atoms with Crippen molar-refractivity contribution in [3.63, 3.8) is 0 Å². The summed E-state index contributed by atoms with van der Waals surface area (Å²) in [5, 5.41) is 3.41. The Kier molecular flexibility index (Phi) is 2.41. The van der Waals surface area contributed by atoms with E-state index in [1.807, 2.05) is 18.2 Å². The first-order valence-corrected chi connectivity index (χ1v) is 5.80. The largest absolute Gasteiger partial charge is 0.378 e. The van der Waals surface area contributed by atoms with E-state index in [1.165, 1.54) is 11.1 Å². The summed E-state index contributed by atoms with van der Waals surface area (Å²) in [5.41, 5.74) is 5.69. The summed E-state index contributed by atoms with van der Waals surface area (Å²) in [6.45, 7) is 2.88. The van der Waals surface area contributed by atoms with Gasteiger partial charge in [-0.2, -0.15) is 0 Å². The van der Waals surface area contributed by atoms with Gasteiger partial charge in [0.15, 0.2) is 0 Å². The lowest BCUT2D eigenvalue weighted by Gasteiger charge is -2.18. The van der Waals surface area contributed by atoms with Crippen molar-refractivity contribution in [3.05, 3.63) is 59.7 Å². The SMILES string of the molecule is Cc1ccc2c(c1)N=C(c1ccccc1)CN2. The molecule has 0 aromatic heterocycles. The predicted octanol–water partition coefficient (Wildman–Crippen LogP) is 3.54. The predicted molar refractivity (Wildman–Crippen MR) is 72.3 cm³/mol. The van der Waals surface area contributed by atoms with Gasteiger partial charge in [-0.25, -0.2) is 4.99 Å². The number of fused-ring (bicyclic) bond motifs is 1. The van der Waals surface area contributed by atoms with Crippen molar-refractivity contribution in [2.75, 3.05) is 11.9 Å². The summed E-state index contributed by atoms with van der Waals surface area (Å²) in [6, 6.07) is 16.6. The molecule has 1 heterocycles. The molecule has 0 atom stereocenters. The first-order valence-electron chi connectivity index (χ1n) is 5.80. The van der Waals surface area contributed by atoms with Crippen LogP contribution in [0.1, 0.15) is 11.1 Å². The number of aliphatic imine (C=N–C) groups is 1. The van der Waals surface area contributed by atoms with Crippen molar-refractivity contribution >= 4 is 17.1 Å². The fraction of sp³-hybridized carbons (Fsp3) is 0.133. The lowest BCUT2D eigenvalue weighted by Crippen LogP contribution is -2.18. The van der Waals surface area contributed by atoms with E-state index in [1.54, 1.807) is 0 Å². The second-order valence-electron chi connectivity index (χ2n) is 4.30. The molecule has 0 fully saturated rings. The third-order valence-electron chi connectivity index (χ3n) is 2.96. The van der Waals surface area contributed by atoms with Crippen LogP contribution in [0.3, 0.4) is 0 Å². The third-order valence-corrected chi connectivity index (χ3v) is 2.96. The highest BCUT2D eigenvalue weighted by Crippen LogP contribution is 2.29. The lowest BCUT2D eigenvalue weighted by atomic mass is 10.1. The number of hydrogen-bond acceptors (Lipinski definition) is 2. The van der Waals surface area contributed by atoms with Crippen molar-refractivity contribution < 1.29 is 0 Å². The van der Waals surface area contributed by atoms with Gasteiger partial charge in [-0.3, -0.25) is 0 Å². The molecule has 17 heavy (non-hydrogen) atoms. The lowest BCUT2D eigenvalue weighted by molar-refractivity contribution is 1.28. The zero-order chi connectivity index (χ0) is 11.7. The molecular formula is C15H14N2. The molecule has 2 heteroatoms. The second-order valence-corrected chi connectivity index (χ2v) is 4.30. The fourth-order valence-corrected chi connectivity index (χ4v) is 2.04. The zero-order valence-electron chi connectivity index (χ0n) is 9.77. The van der Waals surface area contributed by atoms with Crippen molar-refractivity contribution in [3.8, 4) is 0 Å². The van der Waals surface area contributed by atoms with Gasteiger partial charge in [-0.1, -0.05) is 36.4 Å². The van der Waals surface area contributed by atoms with Crippen LogP contribution in [0.4, 0.5) is 11.4 Å². The van der Waals surface area contributed by atoms with E-state index >= 15 is 0 Å². The van der Waals surface area contributed by atoms with Gasteiger partial charge in [0.05, 0.1) is 23.6 Å². The van der Waals surface area contributed by atoms with Gasteiger partial charge in [0.2, 0.25) is 0 Å². The summed E-state index contributed by atoms with van der Waals surface area (Å²) < 4.78 is 0. The minimum atomic E-state index is 0.792. The Balaban J connectivity index is 2.05. The molecule has 0 aliphatic carbocycles. The van der Waals surface area contributed by atoms with Crippen molar-refractivity contribution in [2.45, 2.75) is 6.92 Å². The number of nitrogens with zero attached hydrogens (tertiary/aromatic N) is 1. The molecule has 2 aromatic carbocycles. The molecule has 2 nitrogen and oxygen atoms in total. The van der Waals surface area contributed by atoms with Crippen LogP contribution in [-0.2, 0) is 0 Å². The maximum Gasteiger partial charge on any atom is 0.0868 e. The minimum absolute atomic E-state index is 0.792. The van der Waals surface area contributed by atoms with E-state index in [9.17, 15) is 0 Å². The van der Waals surface area contributed by atoms with E-state index < -0.39 is 0 Å². The molecule has 3 rings (SSSR count). The quantitative estimate of drug-likeness (QED) is 0.784. The Morgan fingerprint density at radius 1 is 1.06 bits per heavy atom.